The van der Waals surface area contributed by atoms with Gasteiger partial charge < -0.3 is 9.64 Å². The lowest BCUT2D eigenvalue weighted by Crippen LogP contribution is -2.62. The van der Waals surface area contributed by atoms with Gasteiger partial charge in [0.05, 0.1) is 12.8 Å². The molecule has 2 atom stereocenters. The number of fused-ring (bicyclic) bond motifs is 1. The third-order valence-corrected chi connectivity index (χ3v) is 8.86. The molecule has 12 heteroatoms. The van der Waals surface area contributed by atoms with Crippen LogP contribution in [0.3, 0.4) is 0 Å². The summed E-state index contributed by atoms with van der Waals surface area (Å²) in [6.07, 6.45) is -3.83. The van der Waals surface area contributed by atoms with Crippen LogP contribution in [0, 0.1) is 0 Å². The molecule has 0 radical (unpaired) electrons. The first-order chi connectivity index (χ1) is 21.7. The van der Waals surface area contributed by atoms with Gasteiger partial charge in [-0.15, -0.1) is 5.10 Å². The van der Waals surface area contributed by atoms with Crippen LogP contribution < -0.4 is 4.74 Å². The molecule has 0 bridgehead atoms. The van der Waals surface area contributed by atoms with Crippen LogP contribution in [0.4, 0.5) is 13.2 Å². The third kappa shape index (κ3) is 6.57. The number of amides is 1. The number of tetrazole rings is 1. The van der Waals surface area contributed by atoms with Gasteiger partial charge in [-0.2, -0.15) is 17.9 Å². The Bertz CT molecular complexity index is 1560. The number of carbonyl (C=O) groups excluding carboxylic acids is 1. The van der Waals surface area contributed by atoms with Crippen molar-refractivity contribution >= 4 is 5.91 Å². The second-order valence-corrected chi connectivity index (χ2v) is 11.7. The van der Waals surface area contributed by atoms with Crippen molar-refractivity contribution in [3.05, 3.63) is 101 Å². The quantitative estimate of drug-likeness (QED) is 0.299. The predicted molar refractivity (Wildman–Crippen MR) is 162 cm³/mol. The zero-order valence-electron chi connectivity index (χ0n) is 25.3. The average molecular weight is 620 g/mol. The molecule has 0 N–H and O–H groups in total. The minimum Gasteiger partial charge on any atom is -0.496 e. The summed E-state index contributed by atoms with van der Waals surface area (Å²) in [6, 6.07) is 25.9. The normalized spacial score (nSPS) is 19.7. The summed E-state index contributed by atoms with van der Waals surface area (Å²) in [7, 11) is 1.55. The molecule has 9 nitrogen and oxygen atoms in total. The van der Waals surface area contributed by atoms with Gasteiger partial charge in [-0.05, 0) is 46.2 Å². The number of alkyl halides is 3. The van der Waals surface area contributed by atoms with Crippen LogP contribution >= 0.6 is 0 Å². The van der Waals surface area contributed by atoms with Crippen LogP contribution in [0.25, 0.3) is 5.69 Å². The van der Waals surface area contributed by atoms with Gasteiger partial charge in [0, 0.05) is 69.8 Å². The molecule has 3 aromatic carbocycles. The first-order valence-electron chi connectivity index (χ1n) is 15.1. The number of methoxy groups -OCH3 is 1. The van der Waals surface area contributed by atoms with Gasteiger partial charge in [0.1, 0.15) is 5.75 Å². The van der Waals surface area contributed by atoms with E-state index in [2.05, 4.69) is 73.9 Å². The van der Waals surface area contributed by atoms with E-state index in [0.717, 1.165) is 18.5 Å². The molecular weight excluding hydrogens is 583 g/mol. The molecule has 2 saturated heterocycles. The van der Waals surface area contributed by atoms with E-state index in [1.54, 1.807) is 26.2 Å². The summed E-state index contributed by atoms with van der Waals surface area (Å²) in [5, 5.41) is 10.1. The van der Waals surface area contributed by atoms with Crippen molar-refractivity contribution in [2.24, 2.45) is 0 Å². The Balaban J connectivity index is 1.39. The van der Waals surface area contributed by atoms with E-state index in [9.17, 15) is 18.0 Å². The molecule has 3 heterocycles. The smallest absolute Gasteiger partial charge is 0.453 e. The molecule has 4 aromatic rings. The zero-order valence-corrected chi connectivity index (χ0v) is 25.3. The van der Waals surface area contributed by atoms with Gasteiger partial charge >= 0.3 is 6.18 Å². The van der Waals surface area contributed by atoms with Crippen LogP contribution in [0.15, 0.2) is 78.9 Å². The van der Waals surface area contributed by atoms with E-state index >= 15 is 0 Å². The van der Waals surface area contributed by atoms with Crippen molar-refractivity contribution in [3.8, 4) is 11.4 Å². The molecule has 6 rings (SSSR count). The Morgan fingerprint density at radius 3 is 2.27 bits per heavy atom. The van der Waals surface area contributed by atoms with E-state index in [0.29, 0.717) is 43.2 Å². The predicted octanol–water partition coefficient (Wildman–Crippen LogP) is 4.63. The van der Waals surface area contributed by atoms with E-state index in [1.807, 2.05) is 17.0 Å². The number of hydrogen-bond donors (Lipinski definition) is 0. The lowest BCUT2D eigenvalue weighted by molar-refractivity contribution is -0.146. The first kappa shape index (κ1) is 30.7. The van der Waals surface area contributed by atoms with E-state index in [-0.39, 0.29) is 29.6 Å². The van der Waals surface area contributed by atoms with Gasteiger partial charge in [0.15, 0.2) is 0 Å². The van der Waals surface area contributed by atoms with Gasteiger partial charge in [0.25, 0.3) is 5.82 Å². The lowest BCUT2D eigenvalue weighted by Gasteiger charge is -2.49. The number of carbonyl (C=O) groups is 1. The number of piperazine rings is 1. The first-order valence-corrected chi connectivity index (χ1v) is 15.1. The number of benzene rings is 3. The minimum absolute atomic E-state index is 0.0597. The molecule has 2 aliphatic heterocycles. The Morgan fingerprint density at radius 2 is 1.64 bits per heavy atom. The fourth-order valence-corrected chi connectivity index (χ4v) is 6.89. The van der Waals surface area contributed by atoms with Crippen molar-refractivity contribution in [2.45, 2.75) is 44.1 Å². The zero-order chi connectivity index (χ0) is 31.6. The number of rotatable bonds is 7. The number of nitrogens with zero attached hydrogens (tertiary/aromatic N) is 7. The van der Waals surface area contributed by atoms with Gasteiger partial charge in [-0.1, -0.05) is 60.7 Å². The average Bonchev–Trinajstić information content (AvgIpc) is 3.44. The second-order valence-electron chi connectivity index (χ2n) is 11.7. The number of ether oxygens (including phenoxy) is 1. The molecule has 2 aliphatic rings. The van der Waals surface area contributed by atoms with E-state index < -0.39 is 12.0 Å². The van der Waals surface area contributed by atoms with Gasteiger partial charge in [-0.3, -0.25) is 14.6 Å². The van der Waals surface area contributed by atoms with Crippen LogP contribution in [0.1, 0.15) is 41.8 Å². The highest BCUT2D eigenvalue weighted by Crippen LogP contribution is 2.37. The molecule has 45 heavy (non-hydrogen) atoms. The Labute approximate surface area is 260 Å². The van der Waals surface area contributed by atoms with E-state index in [1.165, 1.54) is 17.2 Å². The highest BCUT2D eigenvalue weighted by atomic mass is 19.4. The highest BCUT2D eigenvalue weighted by Gasteiger charge is 2.42. The summed E-state index contributed by atoms with van der Waals surface area (Å²) in [5.74, 6) is -0.508. The summed E-state index contributed by atoms with van der Waals surface area (Å²) in [6.45, 7) is 5.61. The Morgan fingerprint density at radius 1 is 0.956 bits per heavy atom. The maximum Gasteiger partial charge on any atom is 0.453 e. The number of halogens is 3. The standard InChI is InChI=1S/C33H36F3N7O2/c1-23(44)41-16-9-17-42-28(21-41)20-40(22-29(42)31(24-10-5-3-6-11-24)25-12-7-4-8-13-25)19-26-18-27(14-15-30(26)45-2)43-32(33(34,35)36)37-38-39-43/h3-8,10-15,18,28-29,31H,9,16-17,19-22H2,1-2H3/t28-,29?/m1/s1. The van der Waals surface area contributed by atoms with Crippen molar-refractivity contribution < 1.29 is 22.7 Å². The number of hydrogen-bond acceptors (Lipinski definition) is 7. The third-order valence-electron chi connectivity index (χ3n) is 8.86. The molecule has 0 saturated carbocycles. The molecule has 0 spiro atoms. The molecule has 236 valence electrons. The van der Waals surface area contributed by atoms with Gasteiger partial charge in [-0.25, -0.2) is 0 Å². The van der Waals surface area contributed by atoms with Gasteiger partial charge in [0.2, 0.25) is 5.91 Å². The summed E-state index contributed by atoms with van der Waals surface area (Å²) in [4.78, 5) is 19.4. The topological polar surface area (TPSA) is 79.6 Å². The maximum atomic E-state index is 13.6. The van der Waals surface area contributed by atoms with Crippen LogP contribution in [-0.2, 0) is 17.5 Å². The van der Waals surface area contributed by atoms with Crippen LogP contribution in [0.2, 0.25) is 0 Å². The fourth-order valence-electron chi connectivity index (χ4n) is 6.89. The SMILES string of the molecule is COc1ccc(-n2nnnc2C(F)(F)F)cc1CN1CC(C(c2ccccc2)c2ccccc2)N2CCCN(C(C)=O)C[C@H]2C1. The van der Waals surface area contributed by atoms with E-state index in [4.69, 9.17) is 4.74 Å². The lowest BCUT2D eigenvalue weighted by atomic mass is 9.82. The fraction of sp³-hybridized carbons (Fsp3) is 0.394. The van der Waals surface area contributed by atoms with Crippen molar-refractivity contribution in [2.75, 3.05) is 39.8 Å². The molecule has 0 aliphatic carbocycles. The summed E-state index contributed by atoms with van der Waals surface area (Å²) < 4.78 is 47.3. The molecular formula is C33H36F3N7O2. The molecule has 1 unspecified atom stereocenters. The summed E-state index contributed by atoms with van der Waals surface area (Å²) in [5.41, 5.74) is 3.33. The summed E-state index contributed by atoms with van der Waals surface area (Å²) >= 11 is 0. The Kier molecular flexibility index (Phi) is 8.86. The van der Waals surface area contributed by atoms with Crippen molar-refractivity contribution in [1.29, 1.82) is 0 Å². The molecule has 1 aromatic heterocycles. The van der Waals surface area contributed by atoms with Crippen molar-refractivity contribution in [3.63, 3.8) is 0 Å². The maximum absolute atomic E-state index is 13.6. The largest absolute Gasteiger partial charge is 0.496 e. The minimum atomic E-state index is -4.71. The highest BCUT2D eigenvalue weighted by molar-refractivity contribution is 5.73. The second kappa shape index (κ2) is 13.0. The molecule has 2 fully saturated rings. The van der Waals surface area contributed by atoms with Crippen molar-refractivity contribution in [1.82, 2.24) is 34.9 Å². The molecule has 1 amide bonds. The monoisotopic (exact) mass is 619 g/mol. The number of aromatic nitrogens is 4. The Hall–Kier alpha value is -4.29. The van der Waals surface area contributed by atoms with Crippen LogP contribution in [0.5, 0.6) is 5.75 Å². The van der Waals surface area contributed by atoms with Crippen LogP contribution in [-0.4, -0.2) is 92.7 Å².